The van der Waals surface area contributed by atoms with Crippen molar-refractivity contribution in [1.29, 1.82) is 0 Å². The Bertz CT molecular complexity index is 1640. The van der Waals surface area contributed by atoms with Crippen LogP contribution in [0, 0.1) is 0 Å². The SMILES string of the molecule is COc1cc2[nH]c3ncnc(N4CCN(C(=S)Nc5ccc(NS(=O)(=O)C6CC6)cc5)CC4)c3c2cc1OC. The van der Waals surface area contributed by atoms with Crippen molar-refractivity contribution in [3.05, 3.63) is 42.7 Å². The van der Waals surface area contributed by atoms with E-state index in [2.05, 4.69) is 34.8 Å². The van der Waals surface area contributed by atoms with Crippen LogP contribution < -0.4 is 24.4 Å². The zero-order chi connectivity index (χ0) is 27.1. The molecule has 2 fully saturated rings. The van der Waals surface area contributed by atoms with Gasteiger partial charge in [-0.1, -0.05) is 0 Å². The lowest BCUT2D eigenvalue weighted by Gasteiger charge is -2.37. The molecular weight excluding hydrogens is 538 g/mol. The summed E-state index contributed by atoms with van der Waals surface area (Å²) in [6.45, 7) is 2.90. The van der Waals surface area contributed by atoms with Gasteiger partial charge in [0.1, 0.15) is 17.8 Å². The predicted octanol–water partition coefficient (Wildman–Crippen LogP) is 3.55. The highest BCUT2D eigenvalue weighted by atomic mass is 32.2. The number of benzene rings is 2. The standard InChI is InChI=1S/C26H29N7O4S2/c1-36-21-13-19-20(14-22(21)37-2)30-24-23(19)25(28-15-27-24)32-9-11-33(12-10-32)26(38)29-16-3-5-17(6-4-16)31-39(34,35)18-7-8-18/h3-6,13-15,18,31H,7-12H2,1-2H3,(H,29,38)(H,27,28,30). The normalized spacial score (nSPS) is 15.9. The van der Waals surface area contributed by atoms with E-state index in [1.807, 2.05) is 24.3 Å². The molecule has 3 N–H and O–H groups in total. The maximum Gasteiger partial charge on any atom is 0.235 e. The first-order chi connectivity index (χ1) is 18.9. The van der Waals surface area contributed by atoms with E-state index in [1.54, 1.807) is 32.7 Å². The Labute approximate surface area is 231 Å². The zero-order valence-electron chi connectivity index (χ0n) is 21.6. The Hall–Kier alpha value is -3.84. The van der Waals surface area contributed by atoms with E-state index in [1.165, 1.54) is 0 Å². The predicted molar refractivity (Wildman–Crippen MR) is 157 cm³/mol. The molecule has 3 heterocycles. The maximum atomic E-state index is 12.2. The topological polar surface area (TPSA) is 125 Å². The quantitative estimate of drug-likeness (QED) is 0.286. The fraction of sp³-hybridized carbons (Fsp3) is 0.346. The average Bonchev–Trinajstić information content (AvgIpc) is 3.75. The van der Waals surface area contributed by atoms with E-state index in [-0.39, 0.29) is 5.25 Å². The highest BCUT2D eigenvalue weighted by Gasteiger charge is 2.35. The average molecular weight is 568 g/mol. The molecule has 2 aliphatic rings. The van der Waals surface area contributed by atoms with Crippen molar-refractivity contribution in [3.63, 3.8) is 0 Å². The number of nitrogens with zero attached hydrogens (tertiary/aromatic N) is 4. The van der Waals surface area contributed by atoms with Crippen molar-refractivity contribution in [2.24, 2.45) is 0 Å². The minimum atomic E-state index is -3.28. The Morgan fingerprint density at radius 3 is 2.33 bits per heavy atom. The Kier molecular flexibility index (Phi) is 6.55. The van der Waals surface area contributed by atoms with Crippen LogP contribution in [0.1, 0.15) is 12.8 Å². The van der Waals surface area contributed by atoms with Gasteiger partial charge in [-0.05, 0) is 55.4 Å². The van der Waals surface area contributed by atoms with Crippen LogP contribution >= 0.6 is 12.2 Å². The van der Waals surface area contributed by atoms with E-state index in [9.17, 15) is 8.42 Å². The minimum absolute atomic E-state index is 0.262. The lowest BCUT2D eigenvalue weighted by atomic mass is 10.1. The van der Waals surface area contributed by atoms with Gasteiger partial charge in [0, 0.05) is 49.0 Å². The third-order valence-electron chi connectivity index (χ3n) is 7.10. The Morgan fingerprint density at radius 1 is 1.00 bits per heavy atom. The zero-order valence-corrected chi connectivity index (χ0v) is 23.2. The third kappa shape index (κ3) is 4.99. The molecule has 11 nitrogen and oxygen atoms in total. The first kappa shape index (κ1) is 25.4. The van der Waals surface area contributed by atoms with Crippen LogP contribution in [-0.2, 0) is 10.0 Å². The van der Waals surface area contributed by atoms with Crippen LogP contribution in [0.5, 0.6) is 11.5 Å². The number of hydrogen-bond donors (Lipinski definition) is 3. The summed E-state index contributed by atoms with van der Waals surface area (Å²) in [6, 6.07) is 11.0. The number of hydrogen-bond acceptors (Lipinski definition) is 8. The van der Waals surface area contributed by atoms with Gasteiger partial charge in [-0.2, -0.15) is 0 Å². The molecule has 0 unspecified atom stereocenters. The van der Waals surface area contributed by atoms with Gasteiger partial charge < -0.3 is 29.6 Å². The maximum absolute atomic E-state index is 12.2. The molecule has 13 heteroatoms. The molecule has 2 aromatic heterocycles. The van der Waals surface area contributed by atoms with E-state index in [0.717, 1.165) is 72.5 Å². The van der Waals surface area contributed by atoms with Gasteiger partial charge in [0.25, 0.3) is 0 Å². The number of ether oxygens (including phenoxy) is 2. The summed E-state index contributed by atoms with van der Waals surface area (Å²) >= 11 is 5.68. The number of nitrogens with one attached hydrogen (secondary N) is 3. The fourth-order valence-electron chi connectivity index (χ4n) is 4.85. The molecular formula is C26H29N7O4S2. The molecule has 0 radical (unpaired) electrons. The largest absolute Gasteiger partial charge is 0.493 e. The van der Waals surface area contributed by atoms with E-state index in [0.29, 0.717) is 22.3 Å². The molecule has 0 bridgehead atoms. The molecule has 1 aliphatic heterocycles. The summed E-state index contributed by atoms with van der Waals surface area (Å²) in [5.41, 5.74) is 3.02. The lowest BCUT2D eigenvalue weighted by molar-refractivity contribution is 0.356. The second kappa shape index (κ2) is 10.0. The molecule has 0 spiro atoms. The monoisotopic (exact) mass is 567 g/mol. The first-order valence-corrected chi connectivity index (χ1v) is 14.6. The fourth-order valence-corrected chi connectivity index (χ4v) is 6.54. The van der Waals surface area contributed by atoms with Gasteiger partial charge in [0.05, 0.1) is 30.4 Å². The van der Waals surface area contributed by atoms with Gasteiger partial charge in [-0.3, -0.25) is 4.72 Å². The Morgan fingerprint density at radius 2 is 1.67 bits per heavy atom. The van der Waals surface area contributed by atoms with Crippen molar-refractivity contribution in [2.75, 3.05) is 55.3 Å². The lowest BCUT2D eigenvalue weighted by Crippen LogP contribution is -2.50. The number of piperazine rings is 1. The van der Waals surface area contributed by atoms with Crippen LogP contribution in [0.4, 0.5) is 17.2 Å². The molecule has 39 heavy (non-hydrogen) atoms. The summed E-state index contributed by atoms with van der Waals surface area (Å²) in [7, 11) is -0.0441. The van der Waals surface area contributed by atoms with E-state index in [4.69, 9.17) is 21.7 Å². The number of sulfonamides is 1. The molecule has 1 saturated carbocycles. The molecule has 1 aliphatic carbocycles. The molecule has 0 amide bonds. The molecule has 6 rings (SSSR count). The van der Waals surface area contributed by atoms with Crippen LogP contribution in [0.2, 0.25) is 0 Å². The second-order valence-corrected chi connectivity index (χ2v) is 12.0. The molecule has 204 valence electrons. The smallest absolute Gasteiger partial charge is 0.235 e. The van der Waals surface area contributed by atoms with Crippen LogP contribution in [0.15, 0.2) is 42.7 Å². The molecule has 0 atom stereocenters. The minimum Gasteiger partial charge on any atom is -0.493 e. The van der Waals surface area contributed by atoms with Crippen molar-refractivity contribution in [2.45, 2.75) is 18.1 Å². The van der Waals surface area contributed by atoms with E-state index < -0.39 is 10.0 Å². The van der Waals surface area contributed by atoms with Gasteiger partial charge in [-0.15, -0.1) is 0 Å². The van der Waals surface area contributed by atoms with Gasteiger partial charge >= 0.3 is 0 Å². The van der Waals surface area contributed by atoms with Gasteiger partial charge in [-0.25, -0.2) is 18.4 Å². The summed E-state index contributed by atoms with van der Waals surface area (Å²) in [4.78, 5) is 16.8. The van der Waals surface area contributed by atoms with Crippen molar-refractivity contribution in [3.8, 4) is 11.5 Å². The number of aromatic amines is 1. The van der Waals surface area contributed by atoms with E-state index >= 15 is 0 Å². The number of H-pyrrole nitrogens is 1. The number of rotatable bonds is 7. The highest BCUT2D eigenvalue weighted by Crippen LogP contribution is 2.38. The number of thiocarbonyl (C=S) groups is 1. The first-order valence-electron chi connectivity index (χ1n) is 12.7. The summed E-state index contributed by atoms with van der Waals surface area (Å²) < 4.78 is 37.9. The molecule has 2 aromatic carbocycles. The summed E-state index contributed by atoms with van der Waals surface area (Å²) in [6.07, 6.45) is 3.03. The second-order valence-electron chi connectivity index (χ2n) is 9.63. The number of aromatic nitrogens is 3. The third-order valence-corrected chi connectivity index (χ3v) is 9.33. The number of fused-ring (bicyclic) bond motifs is 3. The van der Waals surface area contributed by atoms with Crippen molar-refractivity contribution < 1.29 is 17.9 Å². The van der Waals surface area contributed by atoms with Crippen LogP contribution in [0.3, 0.4) is 0 Å². The number of anilines is 3. The van der Waals surface area contributed by atoms with Gasteiger partial charge in [0.2, 0.25) is 10.0 Å². The Balaban J connectivity index is 1.13. The van der Waals surface area contributed by atoms with Crippen LogP contribution in [-0.4, -0.2) is 79.0 Å². The highest BCUT2D eigenvalue weighted by molar-refractivity contribution is 7.93. The van der Waals surface area contributed by atoms with Crippen molar-refractivity contribution in [1.82, 2.24) is 19.9 Å². The molecule has 1 saturated heterocycles. The number of methoxy groups -OCH3 is 2. The molecule has 4 aromatic rings. The van der Waals surface area contributed by atoms with Gasteiger partial charge in [0.15, 0.2) is 16.6 Å². The van der Waals surface area contributed by atoms with Crippen LogP contribution in [0.25, 0.3) is 21.9 Å². The van der Waals surface area contributed by atoms with Crippen molar-refractivity contribution >= 4 is 66.5 Å². The summed E-state index contributed by atoms with van der Waals surface area (Å²) in [5, 5.41) is 5.55. The summed E-state index contributed by atoms with van der Waals surface area (Å²) in [5.74, 6) is 2.16.